The smallest absolute Gasteiger partial charge is 0.247 e. The molecule has 0 radical (unpaired) electrons. The number of thiazole rings is 1. The fraction of sp³-hybridized carbons (Fsp3) is 0.208. The van der Waals surface area contributed by atoms with Crippen LogP contribution in [0.3, 0.4) is 0 Å². The number of carbonyl (C=O) groups excluding carboxylic acids is 1. The van der Waals surface area contributed by atoms with Gasteiger partial charge in [0.25, 0.3) is 0 Å². The van der Waals surface area contributed by atoms with E-state index in [1.165, 1.54) is 23.5 Å². The van der Waals surface area contributed by atoms with Crippen molar-refractivity contribution in [3.63, 3.8) is 0 Å². The van der Waals surface area contributed by atoms with Gasteiger partial charge in [0.05, 0.1) is 17.1 Å². The van der Waals surface area contributed by atoms with Gasteiger partial charge in [0.1, 0.15) is 12.4 Å². The van der Waals surface area contributed by atoms with Crippen molar-refractivity contribution in [3.05, 3.63) is 65.3 Å². The summed E-state index contributed by atoms with van der Waals surface area (Å²) in [4.78, 5) is 21.8. The predicted octanol–water partition coefficient (Wildman–Crippen LogP) is 4.83. The van der Waals surface area contributed by atoms with E-state index in [0.717, 1.165) is 45.7 Å². The lowest BCUT2D eigenvalue weighted by Crippen LogP contribution is -2.19. The van der Waals surface area contributed by atoms with E-state index in [9.17, 15) is 9.18 Å². The molecule has 0 aliphatic rings. The highest BCUT2D eigenvalue weighted by Crippen LogP contribution is 2.30. The van der Waals surface area contributed by atoms with E-state index in [4.69, 9.17) is 0 Å². The topological polar surface area (TPSA) is 90.5 Å². The molecule has 1 aromatic carbocycles. The van der Waals surface area contributed by atoms with Crippen LogP contribution in [0.15, 0.2) is 48.1 Å². The third-order valence-electron chi connectivity index (χ3n) is 5.55. The van der Waals surface area contributed by atoms with E-state index in [1.807, 2.05) is 43.1 Å². The number of aromatic nitrogens is 6. The van der Waals surface area contributed by atoms with Gasteiger partial charge in [0.15, 0.2) is 10.8 Å². The van der Waals surface area contributed by atoms with Crippen molar-refractivity contribution in [3.8, 4) is 22.4 Å². The zero-order valence-corrected chi connectivity index (χ0v) is 19.7. The van der Waals surface area contributed by atoms with E-state index in [1.54, 1.807) is 23.0 Å². The summed E-state index contributed by atoms with van der Waals surface area (Å²) >= 11 is 1.36. The molecule has 5 rings (SSSR count). The number of nitrogens with zero attached hydrogens (tertiary/aromatic N) is 6. The standard InChI is InChI=1S/C24H22FN7OS/c1-4-31-11-19(14(2)29-31)20-13-34-24(27-20)28-21(33)12-32-23-22(15(3)30-32)18(9-10-26-23)16-5-7-17(25)8-6-16/h5-11,13H,4,12H2,1-3H3,(H,27,28,33). The van der Waals surface area contributed by atoms with Crippen LogP contribution in [0.5, 0.6) is 0 Å². The summed E-state index contributed by atoms with van der Waals surface area (Å²) in [7, 11) is 0. The van der Waals surface area contributed by atoms with Crippen molar-refractivity contribution in [1.82, 2.24) is 29.5 Å². The number of rotatable bonds is 6. The molecule has 5 aromatic rings. The second-order valence-electron chi connectivity index (χ2n) is 7.88. The number of nitrogens with one attached hydrogen (secondary N) is 1. The van der Waals surface area contributed by atoms with Crippen molar-refractivity contribution in [2.24, 2.45) is 0 Å². The number of benzene rings is 1. The van der Waals surface area contributed by atoms with E-state index >= 15 is 0 Å². The summed E-state index contributed by atoms with van der Waals surface area (Å²) in [6.45, 7) is 6.62. The number of hydrogen-bond acceptors (Lipinski definition) is 6. The monoisotopic (exact) mass is 475 g/mol. The Labute approximate surface area is 199 Å². The SMILES string of the molecule is CCn1cc(-c2csc(NC(=O)Cn3nc(C)c4c(-c5ccc(F)cc5)ccnc43)n2)c(C)n1. The van der Waals surface area contributed by atoms with Gasteiger partial charge in [-0.2, -0.15) is 10.2 Å². The van der Waals surface area contributed by atoms with Crippen LogP contribution in [-0.4, -0.2) is 35.4 Å². The Hall–Kier alpha value is -3.92. The van der Waals surface area contributed by atoms with Crippen LogP contribution in [0.25, 0.3) is 33.4 Å². The summed E-state index contributed by atoms with van der Waals surface area (Å²) < 4.78 is 16.8. The van der Waals surface area contributed by atoms with Gasteiger partial charge in [-0.1, -0.05) is 12.1 Å². The molecule has 0 aliphatic carbocycles. The minimum absolute atomic E-state index is 0.00802. The molecule has 0 spiro atoms. The maximum absolute atomic E-state index is 13.4. The summed E-state index contributed by atoms with van der Waals surface area (Å²) in [6.07, 6.45) is 3.63. The molecule has 0 aliphatic heterocycles. The number of amides is 1. The first kappa shape index (κ1) is 21.9. The van der Waals surface area contributed by atoms with Gasteiger partial charge in [-0.25, -0.2) is 19.0 Å². The summed E-state index contributed by atoms with van der Waals surface area (Å²) in [5, 5.41) is 15.1. The van der Waals surface area contributed by atoms with Gasteiger partial charge in [-0.3, -0.25) is 9.48 Å². The molecule has 34 heavy (non-hydrogen) atoms. The molecule has 172 valence electrons. The van der Waals surface area contributed by atoms with Crippen LogP contribution in [0.4, 0.5) is 9.52 Å². The molecule has 0 bridgehead atoms. The molecule has 10 heteroatoms. The zero-order valence-electron chi connectivity index (χ0n) is 18.9. The number of anilines is 1. The Morgan fingerprint density at radius 3 is 2.62 bits per heavy atom. The van der Waals surface area contributed by atoms with E-state index in [-0.39, 0.29) is 18.3 Å². The molecule has 8 nitrogen and oxygen atoms in total. The average molecular weight is 476 g/mol. The quantitative estimate of drug-likeness (QED) is 0.380. The minimum atomic E-state index is -0.294. The molecular weight excluding hydrogens is 453 g/mol. The molecule has 0 atom stereocenters. The number of pyridine rings is 1. The maximum Gasteiger partial charge on any atom is 0.247 e. The van der Waals surface area contributed by atoms with Crippen LogP contribution < -0.4 is 5.32 Å². The third kappa shape index (κ3) is 4.08. The van der Waals surface area contributed by atoms with Gasteiger partial charge in [-0.05, 0) is 50.1 Å². The van der Waals surface area contributed by atoms with Crippen LogP contribution >= 0.6 is 11.3 Å². The van der Waals surface area contributed by atoms with Crippen molar-refractivity contribution < 1.29 is 9.18 Å². The molecular formula is C24H22FN7OS. The van der Waals surface area contributed by atoms with Crippen molar-refractivity contribution >= 4 is 33.4 Å². The summed E-state index contributed by atoms with van der Waals surface area (Å²) in [5.41, 5.74) is 5.71. The lowest BCUT2D eigenvalue weighted by atomic mass is 10.0. The van der Waals surface area contributed by atoms with Gasteiger partial charge < -0.3 is 5.32 Å². The first-order chi connectivity index (χ1) is 16.4. The number of carbonyl (C=O) groups is 1. The van der Waals surface area contributed by atoms with Crippen molar-refractivity contribution in [2.75, 3.05) is 5.32 Å². The van der Waals surface area contributed by atoms with Gasteiger partial charge >= 0.3 is 0 Å². The molecule has 0 saturated heterocycles. The van der Waals surface area contributed by atoms with Crippen LogP contribution in [-0.2, 0) is 17.9 Å². The van der Waals surface area contributed by atoms with Crippen molar-refractivity contribution in [2.45, 2.75) is 33.9 Å². The summed E-state index contributed by atoms with van der Waals surface area (Å²) in [5.74, 6) is -0.543. The fourth-order valence-electron chi connectivity index (χ4n) is 3.94. The van der Waals surface area contributed by atoms with Gasteiger partial charge in [0.2, 0.25) is 5.91 Å². The second kappa shape index (κ2) is 8.79. The van der Waals surface area contributed by atoms with E-state index < -0.39 is 0 Å². The Morgan fingerprint density at radius 1 is 1.09 bits per heavy atom. The van der Waals surface area contributed by atoms with Crippen LogP contribution in [0.1, 0.15) is 18.3 Å². The Morgan fingerprint density at radius 2 is 1.88 bits per heavy atom. The molecule has 0 saturated carbocycles. The molecule has 4 heterocycles. The molecule has 4 aromatic heterocycles. The highest BCUT2D eigenvalue weighted by atomic mass is 32.1. The van der Waals surface area contributed by atoms with Gasteiger partial charge in [0, 0.05) is 35.3 Å². The average Bonchev–Trinajstić information content (AvgIpc) is 3.52. The predicted molar refractivity (Wildman–Crippen MR) is 130 cm³/mol. The zero-order chi connectivity index (χ0) is 23.8. The molecule has 1 amide bonds. The Kier molecular flexibility index (Phi) is 5.66. The maximum atomic E-state index is 13.4. The normalized spacial score (nSPS) is 11.3. The molecule has 0 fully saturated rings. The van der Waals surface area contributed by atoms with Crippen LogP contribution in [0, 0.1) is 19.7 Å². The van der Waals surface area contributed by atoms with E-state index in [2.05, 4.69) is 25.5 Å². The fourth-order valence-corrected chi connectivity index (χ4v) is 4.67. The highest BCUT2D eigenvalue weighted by Gasteiger charge is 2.17. The lowest BCUT2D eigenvalue weighted by Gasteiger charge is -2.06. The lowest BCUT2D eigenvalue weighted by molar-refractivity contribution is -0.116. The van der Waals surface area contributed by atoms with Crippen LogP contribution in [0.2, 0.25) is 0 Å². The Bertz CT molecular complexity index is 1500. The largest absolute Gasteiger partial charge is 0.300 e. The third-order valence-corrected chi connectivity index (χ3v) is 6.31. The molecule has 1 N–H and O–H groups in total. The minimum Gasteiger partial charge on any atom is -0.300 e. The first-order valence-corrected chi connectivity index (χ1v) is 11.7. The second-order valence-corrected chi connectivity index (χ2v) is 8.74. The van der Waals surface area contributed by atoms with E-state index in [0.29, 0.717) is 10.8 Å². The van der Waals surface area contributed by atoms with Crippen molar-refractivity contribution in [1.29, 1.82) is 0 Å². The number of halogens is 1. The first-order valence-electron chi connectivity index (χ1n) is 10.8. The summed E-state index contributed by atoms with van der Waals surface area (Å²) in [6, 6.07) is 8.16. The number of hydrogen-bond donors (Lipinski definition) is 1. The number of aryl methyl sites for hydroxylation is 3. The number of fused-ring (bicyclic) bond motifs is 1. The highest BCUT2D eigenvalue weighted by molar-refractivity contribution is 7.14. The van der Waals surface area contributed by atoms with Gasteiger partial charge in [-0.15, -0.1) is 11.3 Å². The Balaban J connectivity index is 1.37. The molecule has 0 unspecified atom stereocenters.